The molecule has 8 aromatic carbocycles. The van der Waals surface area contributed by atoms with Gasteiger partial charge in [-0.15, -0.1) is 0 Å². The van der Waals surface area contributed by atoms with Crippen LogP contribution in [0.2, 0.25) is 0 Å². The molecule has 0 spiro atoms. The number of nitrogens with zero attached hydrogens (tertiary/aromatic N) is 11. The molecule has 9 heterocycles. The van der Waals surface area contributed by atoms with Crippen molar-refractivity contribution >= 4 is 76.9 Å². The molecule has 8 aliphatic rings. The van der Waals surface area contributed by atoms with Crippen molar-refractivity contribution < 1.29 is 67.5 Å². The molecule has 0 bridgehead atoms. The average Bonchev–Trinajstić information content (AvgIpc) is 1.63. The van der Waals surface area contributed by atoms with Crippen LogP contribution in [0.4, 0.5) is 0 Å². The highest BCUT2D eigenvalue weighted by Crippen LogP contribution is 2.34. The number of piperazine rings is 4. The van der Waals surface area contributed by atoms with Crippen molar-refractivity contribution in [3.63, 3.8) is 0 Å². The number of halogens is 2. The number of fused-ring (bicyclic) bond motifs is 1. The van der Waals surface area contributed by atoms with E-state index in [2.05, 4.69) is 337 Å². The number of hydrogen-bond donors (Lipinski definition) is 2. The predicted octanol–water partition coefficient (Wildman–Crippen LogP) is 10.5. The molecule has 0 aliphatic carbocycles. The van der Waals surface area contributed by atoms with Crippen molar-refractivity contribution in [2.24, 2.45) is 12.5 Å². The number of Topliss-reactive ketones (excluding diaryl/α,β-unsaturated/α-hetero) is 2. The van der Waals surface area contributed by atoms with Gasteiger partial charge >= 0.3 is 0 Å². The Kier molecular flexibility index (Phi) is 58.4. The Labute approximate surface area is 842 Å². The van der Waals surface area contributed by atoms with E-state index in [4.69, 9.17) is 14.9 Å². The van der Waals surface area contributed by atoms with Crippen molar-refractivity contribution in [1.82, 2.24) is 43.8 Å². The lowest BCUT2D eigenvalue weighted by Crippen LogP contribution is -3.00. The first kappa shape index (κ1) is 118. The first-order chi connectivity index (χ1) is 62.9. The third-order valence-corrected chi connectivity index (χ3v) is 36.7. The quantitative estimate of drug-likeness (QED) is 0.0513. The van der Waals surface area contributed by atoms with E-state index in [1.807, 2.05) is 63.1 Å². The van der Waals surface area contributed by atoms with Crippen LogP contribution in [0.1, 0.15) is 88.1 Å². The number of quaternary nitrogens is 2. The molecule has 133 heavy (non-hydrogen) atoms. The van der Waals surface area contributed by atoms with Gasteiger partial charge in [0, 0.05) is 141 Å². The Morgan fingerprint density at radius 2 is 0.699 bits per heavy atom. The number of carbonyl (C=O) groups excluding carboxylic acids is 2. The first-order valence-electron chi connectivity index (χ1n) is 48.2. The minimum atomic E-state index is -0.115. The fourth-order valence-electron chi connectivity index (χ4n) is 15.4. The van der Waals surface area contributed by atoms with Gasteiger partial charge in [0.15, 0.2) is 51.6 Å². The van der Waals surface area contributed by atoms with Crippen LogP contribution >= 0.6 is 0 Å². The van der Waals surface area contributed by atoms with Gasteiger partial charge in [0.05, 0.1) is 113 Å². The van der Waals surface area contributed by atoms with Gasteiger partial charge in [-0.05, 0) is 221 Å². The molecule has 2 N–H and O–H groups in total. The summed E-state index contributed by atoms with van der Waals surface area (Å²) in [5.74, 6) is 10.4. The zero-order chi connectivity index (χ0) is 94.8. The number of piperidine rings is 1. The van der Waals surface area contributed by atoms with Gasteiger partial charge in [0.1, 0.15) is 34.5 Å². The minimum Gasteiger partial charge on any atom is -1.00 e. The largest absolute Gasteiger partial charge is 1.00 e. The fraction of sp³-hybridized carbons (Fsp3) is 0.527. The Morgan fingerprint density at radius 3 is 1.02 bits per heavy atom. The Balaban J connectivity index is 0.000000263. The number of aromatic nitrogens is 1. The SMILES string of the molecule is CC(C)(C)C(=O)C[S+]1CCCC1.CN(CCO)CCO.CN1CCN(C)CC1.CN1CCN(C)CC1.CN1CC[N+](C)(C)CC1.CN1CC[N+](C)(C)CC1.COC1CCN(C)CC1.Cc1ccc([S+](c2ccccc2)c2ccccc2)cc1.Cn1cc([S+]2CCCC2)c2ccccc21.O=C(C[S+]1CCCC1)c1ccccc1.[Br-].[Br-].c1ccc([S+](c2ccccc2)c2ccccc2)cc1. The van der Waals surface area contributed by atoms with Crippen molar-refractivity contribution in [2.75, 3.05) is 282 Å². The van der Waals surface area contributed by atoms with Crippen molar-refractivity contribution in [1.29, 1.82) is 0 Å². The second-order valence-electron chi connectivity index (χ2n) is 38.5. The maximum Gasteiger partial charge on any atom is 0.211 e. The molecular formula is C110H172Br2N11O5S5+5. The second-order valence-corrected chi connectivity index (χ2v) is 49.5. The molecule has 0 saturated carbocycles. The van der Waals surface area contributed by atoms with E-state index in [9.17, 15) is 9.59 Å². The zero-order valence-electron chi connectivity index (χ0n) is 84.8. The number of ketones is 2. The van der Waals surface area contributed by atoms with Gasteiger partial charge in [0.25, 0.3) is 0 Å². The fourth-order valence-corrected chi connectivity index (χ4v) is 26.9. The van der Waals surface area contributed by atoms with E-state index in [1.54, 1.807) is 12.0 Å². The molecule has 8 saturated heterocycles. The van der Waals surface area contributed by atoms with Crippen LogP contribution in [-0.2, 0) is 71.1 Å². The van der Waals surface area contributed by atoms with Crippen LogP contribution < -0.4 is 34.0 Å². The predicted molar refractivity (Wildman–Crippen MR) is 571 cm³/mol. The molecule has 736 valence electrons. The first-order valence-corrected chi connectivity index (χ1v) is 55.7. The molecule has 0 unspecified atom stereocenters. The van der Waals surface area contributed by atoms with Crippen LogP contribution in [0, 0.1) is 12.3 Å². The van der Waals surface area contributed by atoms with Crippen molar-refractivity contribution in [3.05, 3.63) is 248 Å². The summed E-state index contributed by atoms with van der Waals surface area (Å²) >= 11 is 0. The minimum absolute atomic E-state index is 0. The number of carbonyl (C=O) groups is 2. The number of aliphatic hydroxyl groups is 2. The lowest BCUT2D eigenvalue weighted by molar-refractivity contribution is -0.894. The summed E-state index contributed by atoms with van der Waals surface area (Å²) < 4.78 is 9.88. The average molecular weight is 2050 g/mol. The summed E-state index contributed by atoms with van der Waals surface area (Å²) in [4.78, 5) is 51.6. The third kappa shape index (κ3) is 47.1. The molecule has 8 aliphatic heterocycles. The van der Waals surface area contributed by atoms with Gasteiger partial charge in [-0.25, -0.2) is 0 Å². The van der Waals surface area contributed by atoms with E-state index in [0.717, 1.165) is 17.1 Å². The topological polar surface area (TPSA) is 115 Å². The Hall–Kier alpha value is -5.17. The summed E-state index contributed by atoms with van der Waals surface area (Å²) in [6.07, 6.45) is 13.5. The number of aliphatic hydroxyl groups excluding tert-OH is 2. The maximum absolute atomic E-state index is 11.8. The summed E-state index contributed by atoms with van der Waals surface area (Å²) in [6.45, 7) is 32.3. The van der Waals surface area contributed by atoms with E-state index in [0.29, 0.717) is 63.4 Å². The van der Waals surface area contributed by atoms with Crippen molar-refractivity contribution in [3.8, 4) is 0 Å². The lowest BCUT2D eigenvalue weighted by atomic mass is 9.92. The third-order valence-electron chi connectivity index (χ3n) is 25.0. The number of methoxy groups -OCH3 is 1. The summed E-state index contributed by atoms with van der Waals surface area (Å²) in [5.41, 5.74) is 3.45. The van der Waals surface area contributed by atoms with E-state index in [-0.39, 0.29) is 74.4 Å². The summed E-state index contributed by atoms with van der Waals surface area (Å²) in [5, 5.41) is 18.2. The zero-order valence-corrected chi connectivity index (χ0v) is 92.1. The van der Waals surface area contributed by atoms with Gasteiger partial charge in [-0.3, -0.25) is 19.4 Å². The summed E-state index contributed by atoms with van der Waals surface area (Å²) in [7, 11) is 31.6. The van der Waals surface area contributed by atoms with Crippen LogP contribution in [0.15, 0.2) is 271 Å². The van der Waals surface area contributed by atoms with Crippen LogP contribution in [0.5, 0.6) is 0 Å². The van der Waals surface area contributed by atoms with Crippen LogP contribution in [0.25, 0.3) is 10.9 Å². The van der Waals surface area contributed by atoms with Crippen molar-refractivity contribution in [2.45, 2.75) is 119 Å². The smallest absolute Gasteiger partial charge is 0.211 e. The molecule has 9 aromatic rings. The standard InChI is InChI=1S/C19H17S.C18H15S.C13H16NS.C12H15OS.C10H19OS.2C7H17N2.C7H15NO.2C6H14N2.C5H13NO2.2BrH/c1-16-12-14-19(15-13-16)20(17-8-4-2-5-9-17)18-10-6-3-7-11-18;1-4-10-16(11-5-1)19(17-12-6-2-7-13-17)18-14-8-3-9-15-18;1-14-10-13(15-8-4-5-9-15)11-6-2-3-7-12(11)14;13-12(10-14-8-4-5-9-14)11-6-2-1-3-7-11;1-10(2,3)9(11)8-12-6-4-5-7-12;2*1-8-4-6-9(2,3)7-5-8;1-8-5-3-7(9-2)4-6-8;2*1-7-3-5-8(2)6-4-7;1-6(2-4-7)3-5-8;;/h2-15H,1H3;1-15H;2-3,6-7,10H,4-5,8-9H2,1H3;1-3,6-7H,4-5,8-10H2;4-8H2,1-3H3;2*4-7H2,1-3H3;7H,3-6H2,1-2H3;2*3-6H2,1-2H3;7-8H,2-5H2,1H3;2*1H/q7*+1;;;;;;/p-2. The molecule has 0 radical (unpaired) electrons. The number of rotatable bonds is 17. The van der Waals surface area contributed by atoms with Gasteiger partial charge in [0.2, 0.25) is 5.78 Å². The molecule has 0 amide bonds. The van der Waals surface area contributed by atoms with Crippen LogP contribution in [0.3, 0.4) is 0 Å². The Bertz CT molecular complexity index is 4230. The molecule has 0 atom stereocenters. The van der Waals surface area contributed by atoms with E-state index in [1.165, 1.54) is 258 Å². The molecule has 1 aromatic heterocycles. The summed E-state index contributed by atoms with van der Waals surface area (Å²) in [6, 6.07) is 81.0. The lowest BCUT2D eigenvalue weighted by Gasteiger charge is -2.37. The number of aryl methyl sites for hydroxylation is 2. The molecule has 23 heteroatoms. The van der Waals surface area contributed by atoms with Crippen LogP contribution in [-0.4, -0.2) is 362 Å². The molecule has 8 fully saturated rings. The highest BCUT2D eigenvalue weighted by atomic mass is 79.9. The van der Waals surface area contributed by atoms with E-state index < -0.39 is 0 Å². The number of benzene rings is 8. The Morgan fingerprint density at radius 1 is 0.406 bits per heavy atom. The normalized spacial score (nSPS) is 18.0. The maximum atomic E-state index is 11.8. The van der Waals surface area contributed by atoms with Gasteiger partial charge in [-0.2, -0.15) is 0 Å². The second kappa shape index (κ2) is 65.7. The number of likely N-dealkylation sites (N-methyl/N-ethyl adjacent to an activating group) is 9. The van der Waals surface area contributed by atoms with E-state index >= 15 is 0 Å². The number of hydrogen-bond acceptors (Lipinski definition) is 13. The molecular weight excluding hydrogens is 1880 g/mol. The van der Waals surface area contributed by atoms with Gasteiger partial charge in [-0.1, -0.05) is 172 Å². The molecule has 17 rings (SSSR count). The molecule has 16 nitrogen and oxygen atoms in total. The highest BCUT2D eigenvalue weighted by Gasteiger charge is 2.35. The number of likely N-dealkylation sites (tertiary alicyclic amines) is 1. The monoisotopic (exact) mass is 2050 g/mol. The van der Waals surface area contributed by atoms with Gasteiger partial charge < -0.3 is 91.8 Å². The highest BCUT2D eigenvalue weighted by molar-refractivity contribution is 7.98. The number of ether oxygens (including phenoxy) is 1. The number of para-hydroxylation sites is 1.